The van der Waals surface area contributed by atoms with Gasteiger partial charge in [0.05, 0.1) is 12.6 Å². The molecule has 0 aliphatic carbocycles. The Morgan fingerprint density at radius 2 is 1.33 bits per heavy atom. The minimum absolute atomic E-state index is 0.0214. The first kappa shape index (κ1) is 34.6. The van der Waals surface area contributed by atoms with Gasteiger partial charge in [0, 0.05) is 13.0 Å². The molecule has 0 saturated carbocycles. The molecular formula is C30H42N6O7. The van der Waals surface area contributed by atoms with Crippen molar-refractivity contribution in [2.24, 2.45) is 11.7 Å². The Morgan fingerprint density at radius 3 is 1.84 bits per heavy atom. The maximum absolute atomic E-state index is 13.4. The summed E-state index contributed by atoms with van der Waals surface area (Å²) >= 11 is 0. The van der Waals surface area contributed by atoms with E-state index in [0.29, 0.717) is 12.0 Å². The molecule has 9 N–H and O–H groups in total. The predicted octanol–water partition coefficient (Wildman–Crippen LogP) is 0.659. The molecule has 0 bridgehead atoms. The molecule has 0 fully saturated rings. The van der Waals surface area contributed by atoms with E-state index < -0.39 is 54.0 Å². The second-order valence-electron chi connectivity index (χ2n) is 10.5. The third kappa shape index (κ3) is 12.8. The Morgan fingerprint density at radius 1 is 0.767 bits per heavy atom. The van der Waals surface area contributed by atoms with Crippen molar-refractivity contribution in [1.82, 2.24) is 26.6 Å². The maximum Gasteiger partial charge on any atom is 0.326 e. The van der Waals surface area contributed by atoms with E-state index >= 15 is 0 Å². The summed E-state index contributed by atoms with van der Waals surface area (Å²) in [5.74, 6) is -2.79. The Bertz CT molecular complexity index is 1200. The number of aliphatic carboxylic acids is 1. The van der Waals surface area contributed by atoms with E-state index in [4.69, 9.17) is 5.73 Å². The SMILES string of the molecule is CC(C)[C@@H](NC(=O)[C@@H](CCCNC(N)=O)NC(=O)N[C@@H](Cc1ccccc1)C(=O)O)C(=O)N[C@H](CO)Cc1ccccc1. The molecule has 13 nitrogen and oxygen atoms in total. The number of aliphatic hydroxyl groups is 1. The minimum atomic E-state index is -1.27. The lowest BCUT2D eigenvalue weighted by Crippen LogP contribution is -2.58. The Hall–Kier alpha value is -4.65. The third-order valence-electron chi connectivity index (χ3n) is 6.62. The number of urea groups is 2. The predicted molar refractivity (Wildman–Crippen MR) is 160 cm³/mol. The van der Waals surface area contributed by atoms with Gasteiger partial charge in [0.1, 0.15) is 18.1 Å². The van der Waals surface area contributed by atoms with Gasteiger partial charge in [-0.25, -0.2) is 14.4 Å². The molecule has 2 rings (SSSR count). The van der Waals surface area contributed by atoms with Crippen molar-refractivity contribution in [3.63, 3.8) is 0 Å². The molecule has 6 amide bonds. The average molecular weight is 599 g/mol. The molecule has 0 aliphatic rings. The molecule has 0 aliphatic heterocycles. The number of aliphatic hydroxyl groups excluding tert-OH is 1. The van der Waals surface area contributed by atoms with Crippen LogP contribution in [0.1, 0.15) is 37.8 Å². The van der Waals surface area contributed by atoms with Gasteiger partial charge in [-0.3, -0.25) is 9.59 Å². The van der Waals surface area contributed by atoms with E-state index in [2.05, 4.69) is 26.6 Å². The number of amides is 6. The topological polar surface area (TPSA) is 212 Å². The Kier molecular flexibility index (Phi) is 14.5. The smallest absolute Gasteiger partial charge is 0.326 e. The first-order valence-electron chi connectivity index (χ1n) is 14.1. The number of benzene rings is 2. The standard InChI is InChI=1S/C30H42N6O7/c1-19(2)25(27(39)33-22(18-37)16-20-10-5-3-6-11-20)36-26(38)23(14-9-15-32-29(31)42)34-30(43)35-24(28(40)41)17-21-12-7-4-8-13-21/h3-8,10-13,19,22-25,37H,9,14-18H2,1-2H3,(H,33,39)(H,36,38)(H,40,41)(H3,31,32,42)(H2,34,35,43)/t22-,23+,24-,25+/m0/s1. The van der Waals surface area contributed by atoms with Crippen molar-refractivity contribution in [3.05, 3.63) is 71.8 Å². The van der Waals surface area contributed by atoms with E-state index in [1.807, 2.05) is 30.3 Å². The van der Waals surface area contributed by atoms with Crippen LogP contribution in [0.25, 0.3) is 0 Å². The number of nitrogens with one attached hydrogen (secondary N) is 5. The van der Waals surface area contributed by atoms with Crippen molar-refractivity contribution < 1.29 is 34.2 Å². The molecule has 2 aromatic carbocycles. The van der Waals surface area contributed by atoms with Gasteiger partial charge in [0.2, 0.25) is 11.8 Å². The summed E-state index contributed by atoms with van der Waals surface area (Å²) in [6.45, 7) is 3.29. The number of nitrogens with two attached hydrogens (primary N) is 1. The van der Waals surface area contributed by atoms with Crippen LogP contribution < -0.4 is 32.3 Å². The molecule has 13 heteroatoms. The molecule has 0 radical (unpaired) electrons. The molecule has 0 heterocycles. The van der Waals surface area contributed by atoms with Gasteiger partial charge in [0.25, 0.3) is 0 Å². The highest BCUT2D eigenvalue weighted by Crippen LogP contribution is 2.08. The minimum Gasteiger partial charge on any atom is -0.480 e. The molecule has 43 heavy (non-hydrogen) atoms. The zero-order valence-corrected chi connectivity index (χ0v) is 24.4. The fraction of sp³-hybridized carbons (Fsp3) is 0.433. The average Bonchev–Trinajstić information content (AvgIpc) is 2.97. The van der Waals surface area contributed by atoms with E-state index in [-0.39, 0.29) is 38.3 Å². The molecule has 0 aromatic heterocycles. The number of primary amides is 1. The summed E-state index contributed by atoms with van der Waals surface area (Å²) in [5.41, 5.74) is 6.71. The Balaban J connectivity index is 2.11. The molecule has 234 valence electrons. The van der Waals surface area contributed by atoms with Crippen LogP contribution in [-0.2, 0) is 27.2 Å². The highest BCUT2D eigenvalue weighted by molar-refractivity contribution is 5.92. The maximum atomic E-state index is 13.4. The van der Waals surface area contributed by atoms with Crippen LogP contribution in [0.4, 0.5) is 9.59 Å². The van der Waals surface area contributed by atoms with Gasteiger partial charge in [-0.2, -0.15) is 0 Å². The zero-order valence-electron chi connectivity index (χ0n) is 24.4. The Labute approximate surface area is 251 Å². The lowest BCUT2D eigenvalue weighted by atomic mass is 10.0. The number of carboxylic acids is 1. The number of carbonyl (C=O) groups excluding carboxylic acids is 4. The van der Waals surface area contributed by atoms with Gasteiger partial charge in [0.15, 0.2) is 0 Å². The van der Waals surface area contributed by atoms with E-state index in [9.17, 15) is 34.2 Å². The van der Waals surface area contributed by atoms with Gasteiger partial charge in [-0.05, 0) is 36.3 Å². The summed E-state index contributed by atoms with van der Waals surface area (Å²) in [5, 5.41) is 32.2. The molecule has 0 saturated heterocycles. The molecule has 4 atom stereocenters. The second-order valence-corrected chi connectivity index (χ2v) is 10.5. The number of hydrogen-bond donors (Lipinski definition) is 8. The van der Waals surface area contributed by atoms with Crippen LogP contribution >= 0.6 is 0 Å². The fourth-order valence-electron chi connectivity index (χ4n) is 4.33. The van der Waals surface area contributed by atoms with Crippen molar-refractivity contribution in [2.75, 3.05) is 13.2 Å². The van der Waals surface area contributed by atoms with Crippen molar-refractivity contribution >= 4 is 29.8 Å². The van der Waals surface area contributed by atoms with Crippen LogP contribution in [0.5, 0.6) is 0 Å². The second kappa shape index (κ2) is 18.0. The fourth-order valence-corrected chi connectivity index (χ4v) is 4.33. The highest BCUT2D eigenvalue weighted by Gasteiger charge is 2.30. The number of rotatable bonds is 17. The number of hydrogen-bond acceptors (Lipinski definition) is 6. The van der Waals surface area contributed by atoms with Crippen LogP contribution in [0, 0.1) is 5.92 Å². The molecule has 0 unspecified atom stereocenters. The lowest BCUT2D eigenvalue weighted by Gasteiger charge is -2.27. The summed E-state index contributed by atoms with van der Waals surface area (Å²) in [6.07, 6.45) is 0.700. The van der Waals surface area contributed by atoms with Crippen LogP contribution in [0.2, 0.25) is 0 Å². The third-order valence-corrected chi connectivity index (χ3v) is 6.62. The van der Waals surface area contributed by atoms with E-state index in [1.165, 1.54) is 0 Å². The van der Waals surface area contributed by atoms with Crippen LogP contribution in [0.3, 0.4) is 0 Å². The van der Waals surface area contributed by atoms with Crippen LogP contribution in [0.15, 0.2) is 60.7 Å². The molecule has 0 spiro atoms. The normalized spacial score (nSPS) is 13.6. The van der Waals surface area contributed by atoms with Gasteiger partial charge in [-0.1, -0.05) is 74.5 Å². The van der Waals surface area contributed by atoms with Crippen molar-refractivity contribution in [2.45, 2.75) is 63.7 Å². The summed E-state index contributed by atoms with van der Waals surface area (Å²) < 4.78 is 0. The quantitative estimate of drug-likeness (QED) is 0.122. The summed E-state index contributed by atoms with van der Waals surface area (Å²) in [7, 11) is 0. The molecular weight excluding hydrogens is 556 g/mol. The zero-order chi connectivity index (χ0) is 31.8. The first-order valence-corrected chi connectivity index (χ1v) is 14.1. The van der Waals surface area contributed by atoms with Gasteiger partial charge >= 0.3 is 18.0 Å². The van der Waals surface area contributed by atoms with Gasteiger partial charge < -0.3 is 42.5 Å². The number of carboxylic acid groups (broad SMARTS) is 1. The van der Waals surface area contributed by atoms with E-state index in [0.717, 1.165) is 5.56 Å². The summed E-state index contributed by atoms with van der Waals surface area (Å²) in [4.78, 5) is 62.3. The molecule has 2 aromatic rings. The highest BCUT2D eigenvalue weighted by atomic mass is 16.4. The van der Waals surface area contributed by atoms with Crippen molar-refractivity contribution in [3.8, 4) is 0 Å². The number of carbonyl (C=O) groups is 5. The largest absolute Gasteiger partial charge is 0.480 e. The summed E-state index contributed by atoms with van der Waals surface area (Å²) in [6, 6.07) is 12.4. The lowest BCUT2D eigenvalue weighted by molar-refractivity contribution is -0.139. The van der Waals surface area contributed by atoms with Crippen molar-refractivity contribution in [1.29, 1.82) is 0 Å². The van der Waals surface area contributed by atoms with Crippen LogP contribution in [-0.4, -0.2) is 77.4 Å². The van der Waals surface area contributed by atoms with E-state index in [1.54, 1.807) is 44.2 Å². The first-order chi connectivity index (χ1) is 20.5. The van der Waals surface area contributed by atoms with Gasteiger partial charge in [-0.15, -0.1) is 0 Å². The monoisotopic (exact) mass is 598 g/mol.